The molecule has 2 aliphatic heterocycles. The standard InChI is InChI=1S/C13H22N2/c1-4-12(5-2)15(3)13-8-10-6-7-11(9-13)14-10/h1,10-14H,5-9H2,2-3H3. The SMILES string of the molecule is C#CC(CC)N(C)C1CC2CCC(C1)N2. The van der Waals surface area contributed by atoms with E-state index >= 15 is 0 Å². The van der Waals surface area contributed by atoms with Crippen molar-refractivity contribution in [1.29, 1.82) is 0 Å². The molecule has 1 N–H and O–H groups in total. The van der Waals surface area contributed by atoms with Gasteiger partial charge in [0, 0.05) is 18.1 Å². The highest BCUT2D eigenvalue weighted by molar-refractivity contribution is 5.03. The Morgan fingerprint density at radius 2 is 2.00 bits per heavy atom. The zero-order chi connectivity index (χ0) is 10.8. The van der Waals surface area contributed by atoms with Crippen LogP contribution in [0.15, 0.2) is 0 Å². The van der Waals surface area contributed by atoms with Crippen molar-refractivity contribution in [2.75, 3.05) is 7.05 Å². The second kappa shape index (κ2) is 4.55. The van der Waals surface area contributed by atoms with Gasteiger partial charge in [-0.25, -0.2) is 0 Å². The van der Waals surface area contributed by atoms with E-state index in [0.717, 1.165) is 18.5 Å². The molecule has 2 fully saturated rings. The fraction of sp³-hybridized carbons (Fsp3) is 0.846. The minimum Gasteiger partial charge on any atom is -0.311 e. The summed E-state index contributed by atoms with van der Waals surface area (Å²) >= 11 is 0. The van der Waals surface area contributed by atoms with Crippen molar-refractivity contribution < 1.29 is 0 Å². The first-order valence-electron chi connectivity index (χ1n) is 6.18. The molecule has 0 spiro atoms. The van der Waals surface area contributed by atoms with Crippen LogP contribution >= 0.6 is 0 Å². The molecule has 0 aromatic carbocycles. The Morgan fingerprint density at radius 3 is 2.47 bits per heavy atom. The fourth-order valence-electron chi connectivity index (χ4n) is 3.14. The molecule has 3 atom stereocenters. The number of rotatable bonds is 3. The third-order valence-electron chi connectivity index (χ3n) is 4.09. The Bertz CT molecular complexity index is 244. The van der Waals surface area contributed by atoms with Crippen LogP contribution in [-0.4, -0.2) is 36.1 Å². The van der Waals surface area contributed by atoms with Crippen molar-refractivity contribution in [2.24, 2.45) is 0 Å². The Labute approximate surface area is 93.4 Å². The first-order valence-corrected chi connectivity index (χ1v) is 6.18. The van der Waals surface area contributed by atoms with E-state index in [0.29, 0.717) is 12.1 Å². The monoisotopic (exact) mass is 206 g/mol. The van der Waals surface area contributed by atoms with Crippen molar-refractivity contribution in [1.82, 2.24) is 10.2 Å². The molecular weight excluding hydrogens is 184 g/mol. The molecule has 0 radical (unpaired) electrons. The Hall–Kier alpha value is -0.520. The summed E-state index contributed by atoms with van der Waals surface area (Å²) in [4.78, 5) is 2.42. The molecule has 2 bridgehead atoms. The quantitative estimate of drug-likeness (QED) is 0.706. The maximum absolute atomic E-state index is 5.57. The van der Waals surface area contributed by atoms with E-state index in [1.165, 1.54) is 25.7 Å². The van der Waals surface area contributed by atoms with Gasteiger partial charge in [0.05, 0.1) is 6.04 Å². The van der Waals surface area contributed by atoms with Crippen LogP contribution < -0.4 is 5.32 Å². The van der Waals surface area contributed by atoms with Crippen molar-refractivity contribution in [2.45, 2.75) is 63.2 Å². The summed E-state index contributed by atoms with van der Waals surface area (Å²) in [6.45, 7) is 2.18. The normalized spacial score (nSPS) is 36.5. The molecule has 2 aliphatic rings. The largest absolute Gasteiger partial charge is 0.311 e. The molecule has 2 rings (SSSR count). The summed E-state index contributed by atoms with van der Waals surface area (Å²) in [5.74, 6) is 2.90. The van der Waals surface area contributed by atoms with E-state index in [-0.39, 0.29) is 0 Å². The lowest BCUT2D eigenvalue weighted by Crippen LogP contribution is -2.49. The minimum absolute atomic E-state index is 0.326. The highest BCUT2D eigenvalue weighted by atomic mass is 15.2. The van der Waals surface area contributed by atoms with Gasteiger partial charge in [0.1, 0.15) is 0 Å². The first-order chi connectivity index (χ1) is 7.24. The van der Waals surface area contributed by atoms with Crippen molar-refractivity contribution in [3.05, 3.63) is 0 Å². The smallest absolute Gasteiger partial charge is 0.0709 e. The van der Waals surface area contributed by atoms with Crippen LogP contribution in [0, 0.1) is 12.3 Å². The van der Waals surface area contributed by atoms with Crippen LogP contribution in [0.2, 0.25) is 0 Å². The van der Waals surface area contributed by atoms with E-state index < -0.39 is 0 Å². The molecule has 0 amide bonds. The van der Waals surface area contributed by atoms with Crippen molar-refractivity contribution in [3.63, 3.8) is 0 Å². The molecule has 3 unspecified atom stereocenters. The van der Waals surface area contributed by atoms with Gasteiger partial charge in [0.25, 0.3) is 0 Å². The van der Waals surface area contributed by atoms with Crippen LogP contribution in [0.1, 0.15) is 39.0 Å². The number of fused-ring (bicyclic) bond motifs is 2. The summed E-state index contributed by atoms with van der Waals surface area (Å²) in [7, 11) is 2.20. The number of nitrogens with zero attached hydrogens (tertiary/aromatic N) is 1. The summed E-state index contributed by atoms with van der Waals surface area (Å²) in [6.07, 6.45) is 11.9. The lowest BCUT2D eigenvalue weighted by molar-refractivity contribution is 0.146. The number of terminal acetylenes is 1. The van der Waals surface area contributed by atoms with E-state index in [1.54, 1.807) is 0 Å². The molecule has 15 heavy (non-hydrogen) atoms. The van der Waals surface area contributed by atoms with Gasteiger partial charge in [0.2, 0.25) is 0 Å². The third-order valence-corrected chi connectivity index (χ3v) is 4.09. The van der Waals surface area contributed by atoms with Gasteiger partial charge in [-0.2, -0.15) is 0 Å². The molecule has 0 saturated carbocycles. The van der Waals surface area contributed by atoms with Crippen molar-refractivity contribution >= 4 is 0 Å². The van der Waals surface area contributed by atoms with Crippen LogP contribution in [0.4, 0.5) is 0 Å². The average Bonchev–Trinajstić information content (AvgIpc) is 2.59. The van der Waals surface area contributed by atoms with Gasteiger partial charge >= 0.3 is 0 Å². The summed E-state index contributed by atoms with van der Waals surface area (Å²) in [5.41, 5.74) is 0. The molecule has 2 saturated heterocycles. The highest BCUT2D eigenvalue weighted by Crippen LogP contribution is 2.30. The number of hydrogen-bond acceptors (Lipinski definition) is 2. The molecule has 0 aromatic rings. The maximum Gasteiger partial charge on any atom is 0.0709 e. The number of piperidine rings is 1. The summed E-state index contributed by atoms with van der Waals surface area (Å²) in [6, 6.07) is 2.54. The topological polar surface area (TPSA) is 15.3 Å². The zero-order valence-corrected chi connectivity index (χ0v) is 9.87. The van der Waals surface area contributed by atoms with E-state index in [4.69, 9.17) is 6.42 Å². The predicted molar refractivity (Wildman–Crippen MR) is 63.6 cm³/mol. The maximum atomic E-state index is 5.57. The second-order valence-corrected chi connectivity index (χ2v) is 5.02. The molecule has 2 heterocycles. The Balaban J connectivity index is 1.96. The third kappa shape index (κ3) is 2.19. The summed E-state index contributed by atoms with van der Waals surface area (Å²) in [5, 5.41) is 3.67. The minimum atomic E-state index is 0.326. The molecule has 84 valence electrons. The van der Waals surface area contributed by atoms with Gasteiger partial charge in [-0.05, 0) is 39.2 Å². The van der Waals surface area contributed by atoms with Gasteiger partial charge in [0.15, 0.2) is 0 Å². The first kappa shape index (κ1) is 11.0. The molecule has 0 aliphatic carbocycles. The number of hydrogen-bond donors (Lipinski definition) is 1. The van der Waals surface area contributed by atoms with Gasteiger partial charge < -0.3 is 5.32 Å². The Kier molecular flexibility index (Phi) is 3.33. The average molecular weight is 206 g/mol. The lowest BCUT2D eigenvalue weighted by Gasteiger charge is -2.38. The summed E-state index contributed by atoms with van der Waals surface area (Å²) < 4.78 is 0. The van der Waals surface area contributed by atoms with E-state index in [9.17, 15) is 0 Å². The predicted octanol–water partition coefficient (Wildman–Crippen LogP) is 1.61. The van der Waals surface area contributed by atoms with Crippen LogP contribution in [0.3, 0.4) is 0 Å². The molecule has 2 heteroatoms. The second-order valence-electron chi connectivity index (χ2n) is 5.02. The van der Waals surface area contributed by atoms with Crippen LogP contribution in [0.5, 0.6) is 0 Å². The molecular formula is C13H22N2. The van der Waals surface area contributed by atoms with Crippen molar-refractivity contribution in [3.8, 4) is 12.3 Å². The molecule has 2 nitrogen and oxygen atoms in total. The Morgan fingerprint density at radius 1 is 1.40 bits per heavy atom. The molecule has 0 aromatic heterocycles. The van der Waals surface area contributed by atoms with Crippen LogP contribution in [0.25, 0.3) is 0 Å². The van der Waals surface area contributed by atoms with E-state index in [2.05, 4.69) is 30.1 Å². The zero-order valence-electron chi connectivity index (χ0n) is 9.87. The van der Waals surface area contributed by atoms with Crippen LogP contribution in [-0.2, 0) is 0 Å². The number of nitrogens with one attached hydrogen (secondary N) is 1. The highest BCUT2D eigenvalue weighted by Gasteiger charge is 2.36. The lowest BCUT2D eigenvalue weighted by atomic mass is 9.97. The van der Waals surface area contributed by atoms with Gasteiger partial charge in [-0.3, -0.25) is 4.90 Å². The van der Waals surface area contributed by atoms with Gasteiger partial charge in [-0.1, -0.05) is 12.8 Å². The van der Waals surface area contributed by atoms with Gasteiger partial charge in [-0.15, -0.1) is 6.42 Å². The fourth-order valence-corrected chi connectivity index (χ4v) is 3.14. The van der Waals surface area contributed by atoms with E-state index in [1.807, 2.05) is 0 Å².